The van der Waals surface area contributed by atoms with Crippen LogP contribution in [0.5, 0.6) is 0 Å². The quantitative estimate of drug-likeness (QED) is 0.380. The maximum Gasteiger partial charge on any atom is 0.512 e. The summed E-state index contributed by atoms with van der Waals surface area (Å²) >= 11 is 0. The summed E-state index contributed by atoms with van der Waals surface area (Å²) in [7, 11) is -1.56. The zero-order chi connectivity index (χ0) is 12.3. The normalized spacial score (nSPS) is 11.9. The fourth-order valence-electron chi connectivity index (χ4n) is 1.37. The number of hydrogen-bond acceptors (Lipinski definition) is 2. The van der Waals surface area contributed by atoms with Crippen LogP contribution in [0.4, 0.5) is 0 Å². The van der Waals surface area contributed by atoms with E-state index in [1.807, 2.05) is 36.4 Å². The molecule has 1 aromatic carbocycles. The van der Waals surface area contributed by atoms with Crippen LogP contribution in [0.1, 0.15) is 31.7 Å². The highest BCUT2D eigenvalue weighted by Crippen LogP contribution is 2.24. The first-order valence-corrected chi connectivity index (χ1v) is 7.45. The molecule has 0 aliphatic heterocycles. The first-order valence-electron chi connectivity index (χ1n) is 6.09. The molecule has 0 aromatic heterocycles. The van der Waals surface area contributed by atoms with Crippen molar-refractivity contribution in [1.29, 1.82) is 0 Å². The van der Waals surface area contributed by atoms with Gasteiger partial charge in [-0.05, 0) is 22.6 Å². The topological polar surface area (TPSA) is 26.3 Å². The van der Waals surface area contributed by atoms with Gasteiger partial charge in [-0.1, -0.05) is 56.2 Å². The van der Waals surface area contributed by atoms with Crippen LogP contribution in [0.3, 0.4) is 0 Å². The highest BCUT2D eigenvalue weighted by Gasteiger charge is 2.14. The van der Waals surface area contributed by atoms with Crippen molar-refractivity contribution >= 4 is 8.03 Å². The Balaban J connectivity index is 2.15. The van der Waals surface area contributed by atoms with E-state index >= 15 is 0 Å². The summed E-state index contributed by atoms with van der Waals surface area (Å²) in [5.74, 6) is 0. The van der Waals surface area contributed by atoms with Gasteiger partial charge in [0.25, 0.3) is 0 Å². The molecule has 1 atom stereocenters. The molecule has 1 aromatic rings. The Morgan fingerprint density at radius 1 is 1.24 bits per heavy atom. The molecule has 0 spiro atoms. The molecule has 0 saturated carbocycles. The lowest BCUT2D eigenvalue weighted by atomic mass is 10.2. The van der Waals surface area contributed by atoms with E-state index in [4.69, 9.17) is 4.52 Å². The monoisotopic (exact) mass is 251 g/mol. The molecule has 0 amide bonds. The van der Waals surface area contributed by atoms with E-state index in [-0.39, 0.29) is 0 Å². The lowest BCUT2D eigenvalue weighted by molar-refractivity contribution is 0.320. The fourth-order valence-corrected chi connectivity index (χ4v) is 2.09. The Morgan fingerprint density at radius 3 is 2.71 bits per heavy atom. The van der Waals surface area contributed by atoms with Gasteiger partial charge in [-0.25, -0.2) is 0 Å². The van der Waals surface area contributed by atoms with Crippen LogP contribution in [0.2, 0.25) is 0 Å². The van der Waals surface area contributed by atoms with Crippen molar-refractivity contribution in [1.82, 2.24) is 0 Å². The number of rotatable bonds is 8. The molecule has 0 fully saturated rings. The molecule has 0 aliphatic carbocycles. The molecule has 0 bridgehead atoms. The predicted octanol–water partition coefficient (Wildman–Crippen LogP) is 4.69. The number of allylic oxidation sites excluding steroid dienone is 2. The van der Waals surface area contributed by atoms with Crippen LogP contribution < -0.4 is 0 Å². The van der Waals surface area contributed by atoms with E-state index < -0.39 is 8.03 Å². The molecule has 0 aliphatic rings. The standard InChI is InChI=1S/C14H20O2P/c1-2-3-4-5-9-12-17(15)16-13-14-10-7-6-8-11-14/h5-11H,2-4,12-13H2,1H3/q+1/b9-5+. The van der Waals surface area contributed by atoms with Gasteiger partial charge in [-0.15, -0.1) is 4.52 Å². The summed E-state index contributed by atoms with van der Waals surface area (Å²) in [5.41, 5.74) is 1.06. The minimum Gasteiger partial charge on any atom is -0.141 e. The third kappa shape index (κ3) is 7.04. The van der Waals surface area contributed by atoms with Gasteiger partial charge in [0.1, 0.15) is 6.61 Å². The molecule has 1 rings (SSSR count). The molecule has 0 N–H and O–H groups in total. The van der Waals surface area contributed by atoms with Gasteiger partial charge in [0.2, 0.25) is 0 Å². The van der Waals surface area contributed by atoms with Crippen LogP contribution in [0.15, 0.2) is 42.5 Å². The number of hydrogen-bond donors (Lipinski definition) is 0. The minimum absolute atomic E-state index is 0.429. The Labute approximate surface area is 105 Å². The molecule has 1 unspecified atom stereocenters. The molecule has 92 valence electrons. The van der Waals surface area contributed by atoms with Crippen molar-refractivity contribution in [2.75, 3.05) is 6.16 Å². The third-order valence-electron chi connectivity index (χ3n) is 2.36. The van der Waals surface area contributed by atoms with Gasteiger partial charge < -0.3 is 0 Å². The summed E-state index contributed by atoms with van der Waals surface area (Å²) in [5, 5.41) is 0. The summed E-state index contributed by atoms with van der Waals surface area (Å²) < 4.78 is 16.8. The molecular formula is C14H20O2P+. The SMILES string of the molecule is CCCC/C=C/C[P+](=O)OCc1ccccc1. The van der Waals surface area contributed by atoms with E-state index in [2.05, 4.69) is 13.0 Å². The maximum absolute atomic E-state index is 11.5. The highest BCUT2D eigenvalue weighted by molar-refractivity contribution is 7.39. The van der Waals surface area contributed by atoms with Gasteiger partial charge >= 0.3 is 8.03 Å². The van der Waals surface area contributed by atoms with E-state index in [0.717, 1.165) is 12.0 Å². The van der Waals surface area contributed by atoms with E-state index in [9.17, 15) is 4.57 Å². The predicted molar refractivity (Wildman–Crippen MR) is 72.4 cm³/mol. The Morgan fingerprint density at radius 2 is 2.00 bits per heavy atom. The molecule has 2 nitrogen and oxygen atoms in total. The van der Waals surface area contributed by atoms with Crippen molar-refractivity contribution in [3.8, 4) is 0 Å². The molecule has 0 saturated heterocycles. The van der Waals surface area contributed by atoms with Gasteiger partial charge in [0, 0.05) is 0 Å². The highest BCUT2D eigenvalue weighted by atomic mass is 31.1. The Bertz CT molecular complexity index is 346. The third-order valence-corrected chi connectivity index (χ3v) is 3.29. The van der Waals surface area contributed by atoms with Crippen LogP contribution in [-0.2, 0) is 15.7 Å². The lowest BCUT2D eigenvalue weighted by Gasteiger charge is -1.93. The van der Waals surface area contributed by atoms with Crippen LogP contribution in [-0.4, -0.2) is 6.16 Å². The average Bonchev–Trinajstić information content (AvgIpc) is 2.37. The van der Waals surface area contributed by atoms with Crippen molar-refractivity contribution in [3.05, 3.63) is 48.0 Å². The van der Waals surface area contributed by atoms with Gasteiger partial charge in [-0.3, -0.25) is 0 Å². The zero-order valence-electron chi connectivity index (χ0n) is 10.3. The minimum atomic E-state index is -1.56. The maximum atomic E-state index is 11.5. The van der Waals surface area contributed by atoms with Crippen molar-refractivity contribution in [2.24, 2.45) is 0 Å². The van der Waals surface area contributed by atoms with E-state index in [0.29, 0.717) is 12.8 Å². The number of benzene rings is 1. The summed E-state index contributed by atoms with van der Waals surface area (Å²) in [4.78, 5) is 0. The smallest absolute Gasteiger partial charge is 0.141 e. The first kappa shape index (κ1) is 14.1. The molecule has 0 radical (unpaired) electrons. The second-order valence-corrected chi connectivity index (χ2v) is 5.18. The van der Waals surface area contributed by atoms with Crippen LogP contribution >= 0.6 is 8.03 Å². The second-order valence-electron chi connectivity index (χ2n) is 3.89. The van der Waals surface area contributed by atoms with E-state index in [1.165, 1.54) is 12.8 Å². The van der Waals surface area contributed by atoms with Crippen molar-refractivity contribution in [3.63, 3.8) is 0 Å². The van der Waals surface area contributed by atoms with Crippen molar-refractivity contribution < 1.29 is 9.09 Å². The fraction of sp³-hybridized carbons (Fsp3) is 0.429. The van der Waals surface area contributed by atoms with E-state index in [1.54, 1.807) is 0 Å². The average molecular weight is 251 g/mol. The lowest BCUT2D eigenvalue weighted by Crippen LogP contribution is -1.86. The summed E-state index contributed by atoms with van der Waals surface area (Å²) in [6.07, 6.45) is 8.02. The summed E-state index contributed by atoms with van der Waals surface area (Å²) in [6.45, 7) is 2.59. The molecule has 0 heterocycles. The first-order chi connectivity index (χ1) is 8.33. The molecular weight excluding hydrogens is 231 g/mol. The largest absolute Gasteiger partial charge is 0.512 e. The molecule has 17 heavy (non-hydrogen) atoms. The van der Waals surface area contributed by atoms with Crippen LogP contribution in [0.25, 0.3) is 0 Å². The molecule has 3 heteroatoms. The van der Waals surface area contributed by atoms with Crippen molar-refractivity contribution in [2.45, 2.75) is 32.8 Å². The zero-order valence-corrected chi connectivity index (χ0v) is 11.2. The second kappa shape index (κ2) is 9.09. The van der Waals surface area contributed by atoms with Gasteiger partial charge in [0.05, 0.1) is 0 Å². The summed E-state index contributed by atoms with van der Waals surface area (Å²) in [6, 6.07) is 9.81. The van der Waals surface area contributed by atoms with Gasteiger partial charge in [0.15, 0.2) is 6.16 Å². The van der Waals surface area contributed by atoms with Gasteiger partial charge in [-0.2, -0.15) is 0 Å². The number of unbranched alkanes of at least 4 members (excludes halogenated alkanes) is 2. The Hall–Kier alpha value is -0.980. The van der Waals surface area contributed by atoms with Crippen LogP contribution in [0, 0.1) is 0 Å². The Kier molecular flexibility index (Phi) is 7.53.